The molecular formula is C9H16S. The third kappa shape index (κ3) is 1.79. The van der Waals surface area contributed by atoms with Crippen LogP contribution in [-0.4, -0.2) is 5.25 Å². The maximum absolute atomic E-state index is 2.37. The summed E-state index contributed by atoms with van der Waals surface area (Å²) in [5.74, 6) is 0.866. The second kappa shape index (κ2) is 4.07. The second-order valence-corrected chi connectivity index (χ2v) is 4.01. The molecule has 0 aromatic heterocycles. The Balaban J connectivity index is 2.32. The topological polar surface area (TPSA) is 0 Å². The number of hydrogen-bond donors (Lipinski definition) is 0. The van der Waals surface area contributed by atoms with Gasteiger partial charge in [-0.1, -0.05) is 26.3 Å². The average Bonchev–Trinajstić information content (AvgIpc) is 2.36. The summed E-state index contributed by atoms with van der Waals surface area (Å²) in [5.41, 5.74) is 0. The van der Waals surface area contributed by atoms with Crippen molar-refractivity contribution in [1.82, 2.24) is 0 Å². The predicted molar refractivity (Wildman–Crippen MR) is 49.2 cm³/mol. The van der Waals surface area contributed by atoms with Crippen molar-refractivity contribution in [3.05, 3.63) is 11.5 Å². The Bertz CT molecular complexity index is 118. The lowest BCUT2D eigenvalue weighted by molar-refractivity contribution is 0.565. The van der Waals surface area contributed by atoms with Crippen LogP contribution in [0.3, 0.4) is 0 Å². The molecular weight excluding hydrogens is 140 g/mol. The molecule has 0 radical (unpaired) electrons. The molecule has 10 heavy (non-hydrogen) atoms. The van der Waals surface area contributed by atoms with Gasteiger partial charge >= 0.3 is 0 Å². The third-order valence-corrected chi connectivity index (χ3v) is 3.35. The minimum Gasteiger partial charge on any atom is -0.130 e. The monoisotopic (exact) mass is 156 g/mol. The first-order valence-corrected chi connectivity index (χ1v) is 5.14. The lowest BCUT2D eigenvalue weighted by Crippen LogP contribution is -2.09. The van der Waals surface area contributed by atoms with Gasteiger partial charge in [0.15, 0.2) is 0 Å². The van der Waals surface area contributed by atoms with E-state index in [1.54, 1.807) is 0 Å². The Morgan fingerprint density at radius 1 is 1.40 bits per heavy atom. The van der Waals surface area contributed by atoms with E-state index < -0.39 is 0 Å². The van der Waals surface area contributed by atoms with Gasteiger partial charge in [0.25, 0.3) is 0 Å². The fourth-order valence-corrected chi connectivity index (χ4v) is 2.79. The molecule has 0 aliphatic carbocycles. The van der Waals surface area contributed by atoms with Crippen LogP contribution in [0.2, 0.25) is 0 Å². The van der Waals surface area contributed by atoms with Crippen molar-refractivity contribution in [2.75, 3.05) is 0 Å². The van der Waals surface area contributed by atoms with E-state index in [0.717, 1.165) is 11.2 Å². The zero-order chi connectivity index (χ0) is 7.40. The molecule has 2 atom stereocenters. The highest BCUT2D eigenvalue weighted by Gasteiger charge is 2.20. The fraction of sp³-hybridized carbons (Fsp3) is 0.778. The first-order chi connectivity index (χ1) is 4.88. The molecule has 0 amide bonds. The molecule has 1 aliphatic heterocycles. The Hall–Kier alpha value is 0.0900. The molecule has 0 aromatic carbocycles. The van der Waals surface area contributed by atoms with Gasteiger partial charge in [0.05, 0.1) is 0 Å². The van der Waals surface area contributed by atoms with Crippen LogP contribution in [0.15, 0.2) is 11.5 Å². The predicted octanol–water partition coefficient (Wildman–Crippen LogP) is 3.44. The van der Waals surface area contributed by atoms with Crippen LogP contribution in [0.1, 0.15) is 33.1 Å². The zero-order valence-electron chi connectivity index (χ0n) is 6.84. The van der Waals surface area contributed by atoms with Crippen LogP contribution in [0, 0.1) is 5.92 Å². The Kier molecular flexibility index (Phi) is 3.33. The molecule has 0 aromatic rings. The smallest absolute Gasteiger partial charge is 0.0151 e. The van der Waals surface area contributed by atoms with Gasteiger partial charge in [-0.15, -0.1) is 11.8 Å². The standard InChI is InChI=1S/C9H16S/c1-3-5-9-8(4-2)6-7-10-9/h6-9H,3-5H2,1-2H3. The third-order valence-electron chi connectivity index (χ3n) is 2.10. The summed E-state index contributed by atoms with van der Waals surface area (Å²) >= 11 is 2.02. The van der Waals surface area contributed by atoms with Crippen molar-refractivity contribution in [1.29, 1.82) is 0 Å². The van der Waals surface area contributed by atoms with Crippen LogP contribution >= 0.6 is 11.8 Å². The van der Waals surface area contributed by atoms with Crippen molar-refractivity contribution in [2.45, 2.75) is 38.4 Å². The minimum absolute atomic E-state index is 0.866. The molecule has 0 fully saturated rings. The van der Waals surface area contributed by atoms with Gasteiger partial charge < -0.3 is 0 Å². The summed E-state index contributed by atoms with van der Waals surface area (Å²) < 4.78 is 0. The van der Waals surface area contributed by atoms with Crippen molar-refractivity contribution >= 4 is 11.8 Å². The summed E-state index contributed by atoms with van der Waals surface area (Å²) in [7, 11) is 0. The van der Waals surface area contributed by atoms with Crippen LogP contribution in [0.4, 0.5) is 0 Å². The number of allylic oxidation sites excluding steroid dienone is 1. The first-order valence-electron chi connectivity index (χ1n) is 4.20. The molecule has 1 aliphatic rings. The Morgan fingerprint density at radius 3 is 2.80 bits per heavy atom. The van der Waals surface area contributed by atoms with Gasteiger partial charge in [-0.05, 0) is 24.2 Å². The van der Waals surface area contributed by atoms with Crippen LogP contribution in [-0.2, 0) is 0 Å². The van der Waals surface area contributed by atoms with E-state index in [4.69, 9.17) is 0 Å². The summed E-state index contributed by atoms with van der Waals surface area (Å²) in [6.07, 6.45) is 6.39. The molecule has 0 saturated heterocycles. The minimum atomic E-state index is 0.866. The van der Waals surface area contributed by atoms with Gasteiger partial charge in [-0.25, -0.2) is 0 Å². The SMILES string of the molecule is CCCC1SC=CC1CC. The first kappa shape index (κ1) is 8.19. The van der Waals surface area contributed by atoms with E-state index in [1.807, 2.05) is 11.8 Å². The van der Waals surface area contributed by atoms with E-state index in [1.165, 1.54) is 19.3 Å². The number of thioether (sulfide) groups is 1. The summed E-state index contributed by atoms with van der Waals surface area (Å²) in [6.45, 7) is 4.55. The molecule has 0 saturated carbocycles. The van der Waals surface area contributed by atoms with Gasteiger partial charge in [0.1, 0.15) is 0 Å². The highest BCUT2D eigenvalue weighted by atomic mass is 32.2. The number of hydrogen-bond acceptors (Lipinski definition) is 1. The van der Waals surface area contributed by atoms with Gasteiger partial charge in [0.2, 0.25) is 0 Å². The van der Waals surface area contributed by atoms with Crippen LogP contribution in [0.5, 0.6) is 0 Å². The van der Waals surface area contributed by atoms with E-state index in [0.29, 0.717) is 0 Å². The normalized spacial score (nSPS) is 31.4. The molecule has 0 bridgehead atoms. The average molecular weight is 156 g/mol. The largest absolute Gasteiger partial charge is 0.130 e. The lowest BCUT2D eigenvalue weighted by Gasteiger charge is -2.14. The summed E-state index contributed by atoms with van der Waals surface area (Å²) in [5, 5.41) is 3.17. The molecule has 0 N–H and O–H groups in total. The quantitative estimate of drug-likeness (QED) is 0.603. The Labute approximate surface area is 68.1 Å². The number of rotatable bonds is 3. The van der Waals surface area contributed by atoms with Crippen LogP contribution in [0.25, 0.3) is 0 Å². The molecule has 1 heteroatoms. The summed E-state index contributed by atoms with van der Waals surface area (Å²) in [4.78, 5) is 0. The Morgan fingerprint density at radius 2 is 2.20 bits per heavy atom. The van der Waals surface area contributed by atoms with Gasteiger partial charge in [0, 0.05) is 5.25 Å². The van der Waals surface area contributed by atoms with Crippen molar-refractivity contribution < 1.29 is 0 Å². The van der Waals surface area contributed by atoms with E-state index in [9.17, 15) is 0 Å². The molecule has 1 rings (SSSR count). The molecule has 1 heterocycles. The van der Waals surface area contributed by atoms with Crippen molar-refractivity contribution in [3.63, 3.8) is 0 Å². The molecule has 0 nitrogen and oxygen atoms in total. The maximum Gasteiger partial charge on any atom is 0.0151 e. The fourth-order valence-electron chi connectivity index (χ4n) is 1.44. The van der Waals surface area contributed by atoms with E-state index in [-0.39, 0.29) is 0 Å². The zero-order valence-corrected chi connectivity index (χ0v) is 7.66. The molecule has 0 spiro atoms. The highest BCUT2D eigenvalue weighted by Crippen LogP contribution is 2.34. The highest BCUT2D eigenvalue weighted by molar-refractivity contribution is 8.03. The van der Waals surface area contributed by atoms with E-state index in [2.05, 4.69) is 25.3 Å². The summed E-state index contributed by atoms with van der Waals surface area (Å²) in [6, 6.07) is 0. The van der Waals surface area contributed by atoms with Crippen molar-refractivity contribution in [3.8, 4) is 0 Å². The van der Waals surface area contributed by atoms with Crippen LogP contribution < -0.4 is 0 Å². The van der Waals surface area contributed by atoms with E-state index >= 15 is 0 Å². The lowest BCUT2D eigenvalue weighted by atomic mass is 9.99. The molecule has 58 valence electrons. The maximum atomic E-state index is 2.37. The second-order valence-electron chi connectivity index (χ2n) is 2.86. The van der Waals surface area contributed by atoms with Gasteiger partial charge in [-0.3, -0.25) is 0 Å². The van der Waals surface area contributed by atoms with Crippen molar-refractivity contribution in [2.24, 2.45) is 5.92 Å². The van der Waals surface area contributed by atoms with Gasteiger partial charge in [-0.2, -0.15) is 0 Å². The molecule has 2 unspecified atom stereocenters.